The number of nitrogens with one attached hydrogen (secondary N) is 2. The number of hydrogen-bond donors (Lipinski definition) is 3. The molecule has 3 aromatic carbocycles. The van der Waals surface area contributed by atoms with E-state index in [0.29, 0.717) is 35.6 Å². The molecule has 35 heavy (non-hydrogen) atoms. The van der Waals surface area contributed by atoms with Gasteiger partial charge in [-0.2, -0.15) is 0 Å². The van der Waals surface area contributed by atoms with Crippen LogP contribution in [0.5, 0.6) is 5.75 Å². The standard InChI is InChI=1S/C28H31N3O4/c1-2-3-5-10-25(32)31-26(28(34)30-23-15-11-22(12-16-23)27(29)33)21-13-17-24(18-14-21)35-19-20-8-6-4-7-9-20/h4,6-9,11-18,26H,2-3,5,10,19H2,1H3,(H2,29,33)(H,30,34)(H,31,32)/t26-/m0/s1. The van der Waals surface area contributed by atoms with Crippen molar-refractivity contribution in [2.75, 3.05) is 5.32 Å². The van der Waals surface area contributed by atoms with Crippen molar-refractivity contribution in [3.05, 3.63) is 95.6 Å². The number of carbonyl (C=O) groups is 3. The Morgan fingerprint density at radius 2 is 1.57 bits per heavy atom. The van der Waals surface area contributed by atoms with E-state index in [4.69, 9.17) is 10.5 Å². The van der Waals surface area contributed by atoms with E-state index >= 15 is 0 Å². The zero-order chi connectivity index (χ0) is 25.0. The van der Waals surface area contributed by atoms with Crippen LogP contribution in [0.1, 0.15) is 60.1 Å². The molecule has 7 heteroatoms. The van der Waals surface area contributed by atoms with Crippen molar-refractivity contribution < 1.29 is 19.1 Å². The number of unbranched alkanes of at least 4 members (excludes halogenated alkanes) is 2. The lowest BCUT2D eigenvalue weighted by Crippen LogP contribution is -2.36. The van der Waals surface area contributed by atoms with Gasteiger partial charge in [-0.05, 0) is 53.9 Å². The average Bonchev–Trinajstić information content (AvgIpc) is 2.87. The largest absolute Gasteiger partial charge is 0.489 e. The van der Waals surface area contributed by atoms with Crippen molar-refractivity contribution in [3.8, 4) is 5.75 Å². The second-order valence-corrected chi connectivity index (χ2v) is 8.23. The lowest BCUT2D eigenvalue weighted by Gasteiger charge is -2.19. The SMILES string of the molecule is CCCCCC(=O)N[C@H](C(=O)Nc1ccc(C(N)=O)cc1)c1ccc(OCc2ccccc2)cc1. The quantitative estimate of drug-likeness (QED) is 0.330. The molecule has 3 amide bonds. The number of primary amides is 1. The topological polar surface area (TPSA) is 111 Å². The maximum absolute atomic E-state index is 13.1. The van der Waals surface area contributed by atoms with Crippen LogP contribution in [0.4, 0.5) is 5.69 Å². The summed E-state index contributed by atoms with van der Waals surface area (Å²) in [7, 11) is 0. The Hall–Kier alpha value is -4.13. The third-order valence-corrected chi connectivity index (χ3v) is 5.47. The van der Waals surface area contributed by atoms with Crippen LogP contribution in [0.25, 0.3) is 0 Å². The fraction of sp³-hybridized carbons (Fsp3) is 0.250. The number of anilines is 1. The van der Waals surface area contributed by atoms with E-state index in [9.17, 15) is 14.4 Å². The Morgan fingerprint density at radius 3 is 2.20 bits per heavy atom. The van der Waals surface area contributed by atoms with Crippen molar-refractivity contribution in [1.82, 2.24) is 5.32 Å². The van der Waals surface area contributed by atoms with Crippen molar-refractivity contribution in [3.63, 3.8) is 0 Å². The summed E-state index contributed by atoms with van der Waals surface area (Å²) in [6.45, 7) is 2.50. The van der Waals surface area contributed by atoms with Crippen LogP contribution < -0.4 is 21.1 Å². The monoisotopic (exact) mass is 473 g/mol. The van der Waals surface area contributed by atoms with Crippen molar-refractivity contribution in [1.29, 1.82) is 0 Å². The molecule has 0 unspecified atom stereocenters. The lowest BCUT2D eigenvalue weighted by atomic mass is 10.0. The van der Waals surface area contributed by atoms with Gasteiger partial charge in [0.25, 0.3) is 5.91 Å². The minimum atomic E-state index is -0.886. The van der Waals surface area contributed by atoms with Crippen molar-refractivity contribution in [2.45, 2.75) is 45.3 Å². The van der Waals surface area contributed by atoms with Crippen molar-refractivity contribution in [2.24, 2.45) is 5.73 Å². The van der Waals surface area contributed by atoms with Crippen LogP contribution in [0, 0.1) is 0 Å². The highest BCUT2D eigenvalue weighted by atomic mass is 16.5. The van der Waals surface area contributed by atoms with Crippen LogP contribution in [0.3, 0.4) is 0 Å². The smallest absolute Gasteiger partial charge is 0.251 e. The summed E-state index contributed by atoms with van der Waals surface area (Å²) < 4.78 is 5.83. The van der Waals surface area contributed by atoms with Crippen molar-refractivity contribution >= 4 is 23.4 Å². The number of nitrogens with two attached hydrogens (primary N) is 1. The molecular weight excluding hydrogens is 442 g/mol. The highest BCUT2D eigenvalue weighted by Gasteiger charge is 2.23. The summed E-state index contributed by atoms with van der Waals surface area (Å²) in [4.78, 5) is 37.0. The van der Waals surface area contributed by atoms with Gasteiger partial charge in [-0.25, -0.2) is 0 Å². The minimum Gasteiger partial charge on any atom is -0.489 e. The predicted molar refractivity (Wildman–Crippen MR) is 136 cm³/mol. The molecule has 4 N–H and O–H groups in total. The van der Waals surface area contributed by atoms with Gasteiger partial charge in [0, 0.05) is 17.7 Å². The van der Waals surface area contributed by atoms with E-state index in [2.05, 4.69) is 17.6 Å². The number of ether oxygens (including phenoxy) is 1. The van der Waals surface area contributed by atoms with Gasteiger partial charge in [0.05, 0.1) is 0 Å². The Labute approximate surface area is 205 Å². The van der Waals surface area contributed by atoms with Crippen LogP contribution in [-0.2, 0) is 16.2 Å². The maximum atomic E-state index is 13.1. The van der Waals surface area contributed by atoms with E-state index in [1.807, 2.05) is 30.3 Å². The summed E-state index contributed by atoms with van der Waals surface area (Å²) in [6, 6.07) is 22.3. The van der Waals surface area contributed by atoms with E-state index in [-0.39, 0.29) is 5.91 Å². The van der Waals surface area contributed by atoms with E-state index < -0.39 is 17.9 Å². The minimum absolute atomic E-state index is 0.188. The lowest BCUT2D eigenvalue weighted by molar-refractivity contribution is -0.126. The average molecular weight is 474 g/mol. The number of carbonyl (C=O) groups excluding carboxylic acids is 3. The third-order valence-electron chi connectivity index (χ3n) is 5.47. The number of benzene rings is 3. The molecule has 182 valence electrons. The molecule has 0 bridgehead atoms. The number of amides is 3. The van der Waals surface area contributed by atoms with Crippen LogP contribution in [0.2, 0.25) is 0 Å². The highest BCUT2D eigenvalue weighted by Crippen LogP contribution is 2.21. The molecule has 0 spiro atoms. The summed E-state index contributed by atoms with van der Waals surface area (Å²) in [6.07, 6.45) is 3.06. The Morgan fingerprint density at radius 1 is 0.886 bits per heavy atom. The first-order valence-electron chi connectivity index (χ1n) is 11.7. The zero-order valence-corrected chi connectivity index (χ0v) is 19.8. The van der Waals surface area contributed by atoms with Gasteiger partial charge in [-0.3, -0.25) is 14.4 Å². The van der Waals surface area contributed by atoms with Gasteiger partial charge >= 0.3 is 0 Å². The zero-order valence-electron chi connectivity index (χ0n) is 19.8. The molecule has 1 atom stereocenters. The fourth-order valence-corrected chi connectivity index (χ4v) is 3.50. The first-order chi connectivity index (χ1) is 17.0. The molecule has 0 saturated carbocycles. The molecule has 0 aliphatic carbocycles. The molecule has 0 radical (unpaired) electrons. The first-order valence-corrected chi connectivity index (χ1v) is 11.7. The second-order valence-electron chi connectivity index (χ2n) is 8.23. The summed E-state index contributed by atoms with van der Waals surface area (Å²) in [5.74, 6) is -0.464. The molecule has 7 nitrogen and oxygen atoms in total. The predicted octanol–water partition coefficient (Wildman–Crippen LogP) is 4.74. The van der Waals surface area contributed by atoms with Gasteiger partial charge in [0.15, 0.2) is 0 Å². The van der Waals surface area contributed by atoms with Gasteiger partial charge in [0.2, 0.25) is 11.8 Å². The highest BCUT2D eigenvalue weighted by molar-refractivity contribution is 5.98. The van der Waals surface area contributed by atoms with E-state index in [1.54, 1.807) is 36.4 Å². The van der Waals surface area contributed by atoms with Crippen LogP contribution >= 0.6 is 0 Å². The second kappa shape index (κ2) is 12.9. The summed E-state index contributed by atoms with van der Waals surface area (Å²) in [5.41, 5.74) is 7.80. The molecule has 0 heterocycles. The van der Waals surface area contributed by atoms with E-state index in [0.717, 1.165) is 24.8 Å². The molecular formula is C28H31N3O4. The maximum Gasteiger partial charge on any atom is 0.251 e. The number of rotatable bonds is 12. The van der Waals surface area contributed by atoms with Crippen LogP contribution in [0.15, 0.2) is 78.9 Å². The first kappa shape index (κ1) is 25.5. The number of hydrogen-bond acceptors (Lipinski definition) is 4. The Bertz CT molecular complexity index is 1110. The van der Waals surface area contributed by atoms with Gasteiger partial charge in [0.1, 0.15) is 18.4 Å². The van der Waals surface area contributed by atoms with Gasteiger partial charge in [-0.15, -0.1) is 0 Å². The molecule has 0 fully saturated rings. The Kier molecular flexibility index (Phi) is 9.42. The molecule has 0 aliphatic rings. The van der Waals surface area contributed by atoms with E-state index in [1.165, 1.54) is 12.1 Å². The molecule has 3 rings (SSSR count). The summed E-state index contributed by atoms with van der Waals surface area (Å²) in [5, 5.41) is 5.66. The fourth-order valence-electron chi connectivity index (χ4n) is 3.50. The van der Waals surface area contributed by atoms with Gasteiger partial charge < -0.3 is 21.1 Å². The van der Waals surface area contributed by atoms with Crippen LogP contribution in [-0.4, -0.2) is 17.7 Å². The molecule has 0 saturated heterocycles. The molecule has 0 aromatic heterocycles. The third kappa shape index (κ3) is 7.99. The summed E-state index contributed by atoms with van der Waals surface area (Å²) >= 11 is 0. The Balaban J connectivity index is 1.71. The molecule has 3 aromatic rings. The molecule has 0 aliphatic heterocycles. The van der Waals surface area contributed by atoms with Gasteiger partial charge in [-0.1, -0.05) is 62.2 Å². The normalized spacial score (nSPS) is 11.3.